The molecule has 0 aliphatic carbocycles. The van der Waals surface area contributed by atoms with Gasteiger partial charge >= 0.3 is 0 Å². The van der Waals surface area contributed by atoms with E-state index in [-0.39, 0.29) is 0 Å². The van der Waals surface area contributed by atoms with Crippen LogP contribution in [-0.4, -0.2) is 26.9 Å². The number of pyridine rings is 1. The van der Waals surface area contributed by atoms with Crippen LogP contribution in [0.3, 0.4) is 0 Å². The number of hydrogen-bond acceptors (Lipinski definition) is 4. The van der Waals surface area contributed by atoms with Crippen molar-refractivity contribution < 1.29 is 5.11 Å². The van der Waals surface area contributed by atoms with E-state index >= 15 is 0 Å². The fourth-order valence-corrected chi connectivity index (χ4v) is 2.40. The molecule has 2 heterocycles. The fraction of sp³-hybridized carbons (Fsp3) is 0.222. The van der Waals surface area contributed by atoms with Gasteiger partial charge in [0.15, 0.2) is 0 Å². The van der Waals surface area contributed by atoms with E-state index in [2.05, 4.69) is 10.1 Å². The van der Waals surface area contributed by atoms with Crippen LogP contribution in [0.25, 0.3) is 5.69 Å². The minimum absolute atomic E-state index is 0.566. The van der Waals surface area contributed by atoms with Crippen molar-refractivity contribution in [3.8, 4) is 5.69 Å². The molecule has 3 rings (SSSR count). The molecule has 23 heavy (non-hydrogen) atoms. The second-order valence-electron chi connectivity index (χ2n) is 5.58. The summed E-state index contributed by atoms with van der Waals surface area (Å²) in [5.41, 5.74) is 2.81. The molecule has 5 heteroatoms. The van der Waals surface area contributed by atoms with E-state index in [1.165, 1.54) is 0 Å². The summed E-state index contributed by atoms with van der Waals surface area (Å²) in [5, 5.41) is 14.1. The molecule has 0 aliphatic rings. The van der Waals surface area contributed by atoms with E-state index in [0.717, 1.165) is 17.1 Å². The standard InChI is InChI=1S/C18H20N4O/c1-14(23)17-9-6-10-18(20-17)21(2)12-15-11-19-22(13-15)16-7-4-3-5-8-16/h3-11,13-14,23H,12H2,1-2H3/t14-/m0/s1. The van der Waals surface area contributed by atoms with E-state index in [1.807, 2.05) is 77.6 Å². The highest BCUT2D eigenvalue weighted by molar-refractivity contribution is 5.40. The first-order valence-corrected chi connectivity index (χ1v) is 7.58. The van der Waals surface area contributed by atoms with Crippen molar-refractivity contribution in [3.63, 3.8) is 0 Å². The Labute approximate surface area is 135 Å². The van der Waals surface area contributed by atoms with Crippen LogP contribution < -0.4 is 4.90 Å². The smallest absolute Gasteiger partial charge is 0.128 e. The quantitative estimate of drug-likeness (QED) is 0.787. The molecule has 0 aliphatic heterocycles. The van der Waals surface area contributed by atoms with Crippen molar-refractivity contribution in [3.05, 3.63) is 72.2 Å². The number of aromatic nitrogens is 3. The Morgan fingerprint density at radius 1 is 1.13 bits per heavy atom. The molecule has 5 nitrogen and oxygen atoms in total. The molecule has 0 bridgehead atoms. The summed E-state index contributed by atoms with van der Waals surface area (Å²) in [7, 11) is 1.98. The van der Waals surface area contributed by atoms with E-state index in [4.69, 9.17) is 0 Å². The maximum absolute atomic E-state index is 9.65. The van der Waals surface area contributed by atoms with Crippen LogP contribution >= 0.6 is 0 Å². The molecular weight excluding hydrogens is 288 g/mol. The van der Waals surface area contributed by atoms with E-state index in [0.29, 0.717) is 12.2 Å². The number of hydrogen-bond donors (Lipinski definition) is 1. The Morgan fingerprint density at radius 2 is 1.91 bits per heavy atom. The van der Waals surface area contributed by atoms with Gasteiger partial charge in [-0.05, 0) is 31.2 Å². The molecule has 0 amide bonds. The van der Waals surface area contributed by atoms with Crippen molar-refractivity contribution in [1.29, 1.82) is 0 Å². The zero-order valence-electron chi connectivity index (χ0n) is 13.3. The average molecular weight is 308 g/mol. The van der Waals surface area contributed by atoms with Crippen LogP contribution in [0.2, 0.25) is 0 Å². The number of aliphatic hydroxyl groups excluding tert-OH is 1. The predicted octanol–water partition coefficient (Wildman–Crippen LogP) is 2.96. The largest absolute Gasteiger partial charge is 0.387 e. The van der Waals surface area contributed by atoms with Gasteiger partial charge in [0.05, 0.1) is 23.7 Å². The lowest BCUT2D eigenvalue weighted by atomic mass is 10.2. The van der Waals surface area contributed by atoms with Gasteiger partial charge in [0.2, 0.25) is 0 Å². The van der Waals surface area contributed by atoms with E-state index < -0.39 is 6.10 Å². The highest BCUT2D eigenvalue weighted by Gasteiger charge is 2.09. The highest BCUT2D eigenvalue weighted by Crippen LogP contribution is 2.17. The summed E-state index contributed by atoms with van der Waals surface area (Å²) in [5.74, 6) is 0.830. The van der Waals surface area contributed by atoms with Crippen molar-refractivity contribution in [2.45, 2.75) is 19.6 Å². The van der Waals surface area contributed by atoms with E-state index in [1.54, 1.807) is 6.92 Å². The summed E-state index contributed by atoms with van der Waals surface area (Å²) in [4.78, 5) is 6.52. The second kappa shape index (κ2) is 6.62. The number of nitrogens with zero attached hydrogens (tertiary/aromatic N) is 4. The lowest BCUT2D eigenvalue weighted by Gasteiger charge is -2.18. The first-order valence-electron chi connectivity index (χ1n) is 7.58. The summed E-state index contributed by atoms with van der Waals surface area (Å²) in [6.07, 6.45) is 3.32. The maximum atomic E-state index is 9.65. The Hall–Kier alpha value is -2.66. The van der Waals surface area contributed by atoms with Gasteiger partial charge in [-0.2, -0.15) is 5.10 Å². The first-order chi connectivity index (χ1) is 11.1. The SMILES string of the molecule is C[C@H](O)c1cccc(N(C)Cc2cnn(-c3ccccc3)c2)n1. The van der Waals surface area contributed by atoms with Gasteiger partial charge in [-0.3, -0.25) is 0 Å². The Kier molecular flexibility index (Phi) is 4.39. The summed E-state index contributed by atoms with van der Waals surface area (Å²) in [6, 6.07) is 15.7. The average Bonchev–Trinajstić information content (AvgIpc) is 3.04. The zero-order chi connectivity index (χ0) is 16.2. The molecule has 0 spiro atoms. The third kappa shape index (κ3) is 3.57. The highest BCUT2D eigenvalue weighted by atomic mass is 16.3. The third-order valence-electron chi connectivity index (χ3n) is 3.65. The van der Waals surface area contributed by atoms with Crippen molar-refractivity contribution >= 4 is 5.82 Å². The molecule has 0 radical (unpaired) electrons. The Balaban J connectivity index is 1.75. The summed E-state index contributed by atoms with van der Waals surface area (Å²) < 4.78 is 1.86. The van der Waals surface area contributed by atoms with Crippen LogP contribution in [0.4, 0.5) is 5.82 Å². The van der Waals surface area contributed by atoms with E-state index in [9.17, 15) is 5.11 Å². The van der Waals surface area contributed by atoms with Gasteiger partial charge in [-0.15, -0.1) is 0 Å². The molecule has 0 saturated carbocycles. The first kappa shape index (κ1) is 15.2. The molecular formula is C18H20N4O. The van der Waals surface area contributed by atoms with Gasteiger partial charge in [-0.1, -0.05) is 24.3 Å². The molecule has 1 atom stereocenters. The van der Waals surface area contributed by atoms with Crippen molar-refractivity contribution in [2.75, 3.05) is 11.9 Å². The summed E-state index contributed by atoms with van der Waals surface area (Å²) in [6.45, 7) is 2.42. The van der Waals surface area contributed by atoms with Crippen LogP contribution in [-0.2, 0) is 6.54 Å². The van der Waals surface area contributed by atoms with Gasteiger partial charge in [0, 0.05) is 25.4 Å². The van der Waals surface area contributed by atoms with Crippen LogP contribution in [0, 0.1) is 0 Å². The van der Waals surface area contributed by atoms with Crippen molar-refractivity contribution in [1.82, 2.24) is 14.8 Å². The van der Waals surface area contributed by atoms with Crippen molar-refractivity contribution in [2.24, 2.45) is 0 Å². The Bertz CT molecular complexity index is 767. The Morgan fingerprint density at radius 3 is 2.65 bits per heavy atom. The molecule has 0 fully saturated rings. The minimum Gasteiger partial charge on any atom is -0.387 e. The monoisotopic (exact) mass is 308 g/mol. The molecule has 0 unspecified atom stereocenters. The van der Waals surface area contributed by atoms with Gasteiger partial charge in [0.1, 0.15) is 5.82 Å². The molecule has 0 saturated heterocycles. The lowest BCUT2D eigenvalue weighted by molar-refractivity contribution is 0.194. The normalized spacial score (nSPS) is 12.1. The number of para-hydroxylation sites is 1. The number of anilines is 1. The zero-order valence-corrected chi connectivity index (χ0v) is 13.3. The maximum Gasteiger partial charge on any atom is 0.128 e. The topological polar surface area (TPSA) is 54.2 Å². The molecule has 118 valence electrons. The minimum atomic E-state index is -0.566. The van der Waals surface area contributed by atoms with Crippen LogP contribution in [0.5, 0.6) is 0 Å². The molecule has 1 aromatic carbocycles. The number of benzene rings is 1. The van der Waals surface area contributed by atoms with Gasteiger partial charge in [0.25, 0.3) is 0 Å². The number of rotatable bonds is 5. The van der Waals surface area contributed by atoms with Gasteiger partial charge in [-0.25, -0.2) is 9.67 Å². The molecule has 3 aromatic rings. The molecule has 1 N–H and O–H groups in total. The van der Waals surface area contributed by atoms with Gasteiger partial charge < -0.3 is 10.0 Å². The second-order valence-corrected chi connectivity index (χ2v) is 5.58. The fourth-order valence-electron chi connectivity index (χ4n) is 2.40. The number of aliphatic hydroxyl groups is 1. The van der Waals surface area contributed by atoms with Crippen LogP contribution in [0.1, 0.15) is 24.3 Å². The summed E-state index contributed by atoms with van der Waals surface area (Å²) >= 11 is 0. The van der Waals surface area contributed by atoms with Crippen LogP contribution in [0.15, 0.2) is 60.9 Å². The molecule has 2 aromatic heterocycles. The third-order valence-corrected chi connectivity index (χ3v) is 3.65. The predicted molar refractivity (Wildman–Crippen MR) is 90.5 cm³/mol. The lowest BCUT2D eigenvalue weighted by Crippen LogP contribution is -2.18.